The van der Waals surface area contributed by atoms with E-state index in [1.165, 1.54) is 12.1 Å². The summed E-state index contributed by atoms with van der Waals surface area (Å²) in [6.45, 7) is 1.63. The summed E-state index contributed by atoms with van der Waals surface area (Å²) >= 11 is 7.84. The second kappa shape index (κ2) is 7.09. The number of nitrogens with one attached hydrogen (secondary N) is 1. The summed E-state index contributed by atoms with van der Waals surface area (Å²) in [6.07, 6.45) is 0. The quantitative estimate of drug-likeness (QED) is 0.746. The minimum Gasteiger partial charge on any atom is -0.483 e. The van der Waals surface area contributed by atoms with Crippen molar-refractivity contribution in [1.82, 2.24) is 0 Å². The predicted octanol–water partition coefficient (Wildman–Crippen LogP) is 4.41. The highest BCUT2D eigenvalue weighted by Gasteiger charge is 2.09. The van der Waals surface area contributed by atoms with E-state index in [4.69, 9.17) is 16.3 Å². The first-order chi connectivity index (χ1) is 9.95. The van der Waals surface area contributed by atoms with E-state index in [2.05, 4.69) is 5.32 Å². The number of halogens is 3. The molecule has 0 unspecified atom stereocenters. The zero-order valence-electron chi connectivity index (χ0n) is 11.1. The Balaban J connectivity index is 1.96. The van der Waals surface area contributed by atoms with Gasteiger partial charge in [0.25, 0.3) is 5.91 Å². The molecule has 2 aromatic carbocycles. The van der Waals surface area contributed by atoms with Crippen molar-refractivity contribution < 1.29 is 13.9 Å². The van der Waals surface area contributed by atoms with E-state index in [1.54, 1.807) is 24.3 Å². The molecule has 0 aliphatic rings. The summed E-state index contributed by atoms with van der Waals surface area (Å²) < 4.78 is 19.8. The summed E-state index contributed by atoms with van der Waals surface area (Å²) in [5, 5.41) is 3.07. The molecule has 0 saturated carbocycles. The molecule has 110 valence electrons. The van der Waals surface area contributed by atoms with Gasteiger partial charge in [-0.2, -0.15) is 0 Å². The van der Waals surface area contributed by atoms with Crippen molar-refractivity contribution in [1.29, 1.82) is 0 Å². The molecule has 1 N–H and O–H groups in total. The average molecular weight is 420 g/mol. The molecule has 0 fully saturated rings. The average Bonchev–Trinajstić information content (AvgIpc) is 2.41. The van der Waals surface area contributed by atoms with E-state index in [9.17, 15) is 9.18 Å². The van der Waals surface area contributed by atoms with Gasteiger partial charge in [-0.3, -0.25) is 4.79 Å². The van der Waals surface area contributed by atoms with Gasteiger partial charge in [-0.1, -0.05) is 11.6 Å². The number of amides is 1. The maximum atomic E-state index is 13.6. The Morgan fingerprint density at radius 3 is 2.76 bits per heavy atom. The third-order valence-corrected chi connectivity index (χ3v) is 3.61. The lowest BCUT2D eigenvalue weighted by Gasteiger charge is -2.10. The highest BCUT2D eigenvalue weighted by molar-refractivity contribution is 14.1. The van der Waals surface area contributed by atoms with E-state index < -0.39 is 11.7 Å². The molecule has 6 heteroatoms. The lowest BCUT2D eigenvalue weighted by Crippen LogP contribution is -2.21. The summed E-state index contributed by atoms with van der Waals surface area (Å²) in [5.74, 6) is -0.333. The highest BCUT2D eigenvalue weighted by atomic mass is 127. The summed E-state index contributed by atoms with van der Waals surface area (Å²) in [5.41, 5.74) is 0.965. The molecule has 0 spiro atoms. The normalized spacial score (nSPS) is 10.3. The molecule has 2 aromatic rings. The van der Waals surface area contributed by atoms with E-state index in [0.717, 1.165) is 9.13 Å². The number of hydrogen-bond donors (Lipinski definition) is 1. The third kappa shape index (κ3) is 4.57. The van der Waals surface area contributed by atoms with Gasteiger partial charge in [-0.15, -0.1) is 0 Å². The number of carbonyl (C=O) groups excluding carboxylic acids is 1. The number of hydrogen-bond acceptors (Lipinski definition) is 2. The number of rotatable bonds is 4. The summed E-state index contributed by atoms with van der Waals surface area (Å²) in [4.78, 5) is 11.8. The van der Waals surface area contributed by atoms with Crippen LogP contribution < -0.4 is 10.1 Å². The zero-order chi connectivity index (χ0) is 15.4. The Hall–Kier alpha value is -1.34. The van der Waals surface area contributed by atoms with Gasteiger partial charge in [0.2, 0.25) is 0 Å². The number of anilines is 1. The topological polar surface area (TPSA) is 38.3 Å². The van der Waals surface area contributed by atoms with Crippen molar-refractivity contribution in [3.63, 3.8) is 0 Å². The van der Waals surface area contributed by atoms with Crippen LogP contribution in [0.3, 0.4) is 0 Å². The van der Waals surface area contributed by atoms with Crippen molar-refractivity contribution in [3.05, 3.63) is 56.4 Å². The molecule has 3 nitrogen and oxygen atoms in total. The molecule has 0 atom stereocenters. The van der Waals surface area contributed by atoms with Crippen molar-refractivity contribution in [2.75, 3.05) is 11.9 Å². The monoisotopic (exact) mass is 419 g/mol. The Kier molecular flexibility index (Phi) is 5.41. The SMILES string of the molecule is Cc1cc(Cl)ccc1OCC(=O)Nc1ccc(I)cc1F. The van der Waals surface area contributed by atoms with E-state index >= 15 is 0 Å². The van der Waals surface area contributed by atoms with E-state index in [1.807, 2.05) is 29.5 Å². The first kappa shape index (κ1) is 16.0. The fourth-order valence-electron chi connectivity index (χ4n) is 1.70. The van der Waals surface area contributed by atoms with Gasteiger partial charge in [0, 0.05) is 8.59 Å². The summed E-state index contributed by atoms with van der Waals surface area (Å²) in [6, 6.07) is 9.69. The maximum Gasteiger partial charge on any atom is 0.262 e. The lowest BCUT2D eigenvalue weighted by molar-refractivity contribution is -0.118. The maximum absolute atomic E-state index is 13.6. The van der Waals surface area contributed by atoms with Gasteiger partial charge in [0.1, 0.15) is 11.6 Å². The third-order valence-electron chi connectivity index (χ3n) is 2.70. The highest BCUT2D eigenvalue weighted by Crippen LogP contribution is 2.22. The molecular weight excluding hydrogens is 408 g/mol. The van der Waals surface area contributed by atoms with Crippen LogP contribution in [-0.2, 0) is 4.79 Å². The van der Waals surface area contributed by atoms with Crippen LogP contribution in [-0.4, -0.2) is 12.5 Å². The Morgan fingerprint density at radius 1 is 1.33 bits per heavy atom. The van der Waals surface area contributed by atoms with Crippen LogP contribution in [0, 0.1) is 16.3 Å². The lowest BCUT2D eigenvalue weighted by atomic mass is 10.2. The second-order valence-corrected chi connectivity index (χ2v) is 6.05. The van der Waals surface area contributed by atoms with Gasteiger partial charge in [-0.25, -0.2) is 4.39 Å². The molecule has 0 saturated heterocycles. The minimum atomic E-state index is -0.474. The van der Waals surface area contributed by atoms with Gasteiger partial charge >= 0.3 is 0 Å². The number of aryl methyl sites for hydroxylation is 1. The largest absolute Gasteiger partial charge is 0.483 e. The first-order valence-electron chi connectivity index (χ1n) is 6.09. The molecule has 0 bridgehead atoms. The molecule has 0 heterocycles. The number of benzene rings is 2. The van der Waals surface area contributed by atoms with Crippen LogP contribution in [0.15, 0.2) is 36.4 Å². The van der Waals surface area contributed by atoms with Crippen molar-refractivity contribution in [2.45, 2.75) is 6.92 Å². The Bertz CT molecular complexity index is 679. The van der Waals surface area contributed by atoms with Gasteiger partial charge < -0.3 is 10.1 Å². The molecule has 0 aliphatic carbocycles. The predicted molar refractivity (Wildman–Crippen MR) is 89.4 cm³/mol. The van der Waals surface area contributed by atoms with E-state index in [0.29, 0.717) is 10.8 Å². The van der Waals surface area contributed by atoms with Crippen LogP contribution >= 0.6 is 34.2 Å². The molecule has 1 amide bonds. The second-order valence-electron chi connectivity index (χ2n) is 4.37. The molecule has 21 heavy (non-hydrogen) atoms. The van der Waals surface area contributed by atoms with Crippen LogP contribution in [0.5, 0.6) is 5.75 Å². The smallest absolute Gasteiger partial charge is 0.262 e. The molecule has 0 radical (unpaired) electrons. The van der Waals surface area contributed by atoms with Crippen molar-refractivity contribution >= 4 is 45.8 Å². The zero-order valence-corrected chi connectivity index (χ0v) is 14.0. The standard InChI is InChI=1S/C15H12ClFINO2/c1-9-6-10(16)2-5-14(9)21-8-15(20)19-13-4-3-11(18)7-12(13)17/h2-7H,8H2,1H3,(H,19,20). The van der Waals surface area contributed by atoms with Gasteiger partial charge in [0.05, 0.1) is 5.69 Å². The van der Waals surface area contributed by atoms with Crippen LogP contribution in [0.4, 0.5) is 10.1 Å². The Morgan fingerprint density at radius 2 is 2.10 bits per heavy atom. The fraction of sp³-hybridized carbons (Fsp3) is 0.133. The van der Waals surface area contributed by atoms with Gasteiger partial charge in [0.15, 0.2) is 6.61 Å². The van der Waals surface area contributed by atoms with E-state index in [-0.39, 0.29) is 12.3 Å². The van der Waals surface area contributed by atoms with Gasteiger partial charge in [-0.05, 0) is 71.5 Å². The minimum absolute atomic E-state index is 0.136. The van der Waals surface area contributed by atoms with Crippen LogP contribution in [0.1, 0.15) is 5.56 Å². The number of ether oxygens (including phenoxy) is 1. The molecule has 0 aromatic heterocycles. The molecule has 0 aliphatic heterocycles. The van der Waals surface area contributed by atoms with Crippen LogP contribution in [0.2, 0.25) is 5.02 Å². The molecule has 2 rings (SSSR count). The van der Waals surface area contributed by atoms with Crippen LogP contribution in [0.25, 0.3) is 0 Å². The first-order valence-corrected chi connectivity index (χ1v) is 7.55. The summed E-state index contributed by atoms with van der Waals surface area (Å²) in [7, 11) is 0. The fourth-order valence-corrected chi connectivity index (χ4v) is 2.38. The number of carbonyl (C=O) groups is 1. The molecular formula is C15H12ClFINO2. The van der Waals surface area contributed by atoms with Crippen molar-refractivity contribution in [2.24, 2.45) is 0 Å². The van der Waals surface area contributed by atoms with Crippen molar-refractivity contribution in [3.8, 4) is 5.75 Å². The Labute approximate surface area is 140 Å².